The summed E-state index contributed by atoms with van der Waals surface area (Å²) in [5.74, 6) is -2.87. The second-order valence-corrected chi connectivity index (χ2v) is 9.42. The number of hydrogen-bond acceptors (Lipinski definition) is 6. The highest BCUT2D eigenvalue weighted by Crippen LogP contribution is 2.41. The van der Waals surface area contributed by atoms with Gasteiger partial charge in [0, 0.05) is 23.4 Å². The van der Waals surface area contributed by atoms with Crippen LogP contribution in [0.4, 0.5) is 23.2 Å². The van der Waals surface area contributed by atoms with E-state index in [1.807, 2.05) is 0 Å². The maximum Gasteiger partial charge on any atom is 0.439 e. The van der Waals surface area contributed by atoms with Gasteiger partial charge in [0.25, 0.3) is 0 Å². The zero-order valence-electron chi connectivity index (χ0n) is 19.9. The zero-order valence-corrected chi connectivity index (χ0v) is 20.6. The summed E-state index contributed by atoms with van der Waals surface area (Å²) >= 11 is 5.88. The van der Waals surface area contributed by atoms with Crippen molar-refractivity contribution in [1.82, 2.24) is 15.0 Å². The third-order valence-corrected chi connectivity index (χ3v) is 6.74. The monoisotopic (exact) mass is 566 g/mol. The van der Waals surface area contributed by atoms with Crippen molar-refractivity contribution in [3.05, 3.63) is 69.4 Å². The Morgan fingerprint density at radius 2 is 1.92 bits per heavy atom. The number of nitrogens with zero attached hydrogens (tertiary/aromatic N) is 2. The molecule has 2 N–H and O–H groups in total. The van der Waals surface area contributed by atoms with E-state index < -0.39 is 48.3 Å². The Balaban J connectivity index is 1.33. The molecule has 0 bridgehead atoms. The van der Waals surface area contributed by atoms with Crippen LogP contribution in [-0.4, -0.2) is 51.7 Å². The lowest BCUT2D eigenvalue weighted by atomic mass is 9.93. The van der Waals surface area contributed by atoms with E-state index in [2.05, 4.69) is 20.0 Å². The van der Waals surface area contributed by atoms with Crippen molar-refractivity contribution >= 4 is 34.7 Å². The number of carbonyl (C=O) groups is 2. The Hall–Kier alpha value is -4.13. The van der Waals surface area contributed by atoms with Crippen LogP contribution >= 0.6 is 11.6 Å². The van der Waals surface area contributed by atoms with Gasteiger partial charge in [-0.05, 0) is 61.2 Å². The number of hydrogen-bond donors (Lipinski definition) is 2. The summed E-state index contributed by atoms with van der Waals surface area (Å²) in [5.41, 5.74) is 0.823. The van der Waals surface area contributed by atoms with Crippen LogP contribution in [0.15, 0.2) is 51.8 Å². The molecule has 3 aromatic rings. The normalized spacial score (nSPS) is 19.1. The largest absolute Gasteiger partial charge is 0.483 e. The van der Waals surface area contributed by atoms with Gasteiger partial charge < -0.3 is 15.0 Å². The zero-order chi connectivity index (χ0) is 27.9. The summed E-state index contributed by atoms with van der Waals surface area (Å²) < 4.78 is 62.5. The van der Waals surface area contributed by atoms with Gasteiger partial charge in [-0.25, -0.2) is 9.18 Å². The molecule has 2 aliphatic heterocycles. The Morgan fingerprint density at radius 1 is 1.18 bits per heavy atom. The maximum absolute atomic E-state index is 15.0. The fraction of sp³-hybridized carbons (Fsp3) is 0.280. The first-order valence-corrected chi connectivity index (χ1v) is 12.1. The third kappa shape index (κ3) is 5.53. The number of nitrogens with one attached hydrogen (secondary N) is 2. The van der Waals surface area contributed by atoms with Crippen LogP contribution in [0, 0.1) is 5.82 Å². The van der Waals surface area contributed by atoms with Gasteiger partial charge in [-0.1, -0.05) is 16.8 Å². The van der Waals surface area contributed by atoms with E-state index in [9.17, 15) is 31.9 Å². The highest BCUT2D eigenvalue weighted by atomic mass is 35.5. The summed E-state index contributed by atoms with van der Waals surface area (Å²) in [6.07, 6.45) is -2.70. The van der Waals surface area contributed by atoms with Crippen molar-refractivity contribution in [1.29, 1.82) is 0 Å². The van der Waals surface area contributed by atoms with Crippen LogP contribution in [0.3, 0.4) is 0 Å². The quantitative estimate of drug-likeness (QED) is 0.423. The smallest absolute Gasteiger partial charge is 0.439 e. The molecule has 2 atom stereocenters. The van der Waals surface area contributed by atoms with Crippen LogP contribution in [0.5, 0.6) is 5.75 Å². The molecular weight excluding hydrogens is 548 g/mol. The lowest BCUT2D eigenvalue weighted by Crippen LogP contribution is -2.48. The van der Waals surface area contributed by atoms with Crippen LogP contribution in [-0.2, 0) is 9.59 Å². The number of anilines is 1. The number of benzene rings is 2. The van der Waals surface area contributed by atoms with Gasteiger partial charge >= 0.3 is 11.9 Å². The predicted octanol–water partition coefficient (Wildman–Crippen LogP) is 4.55. The molecule has 1 aromatic heterocycles. The van der Waals surface area contributed by atoms with Gasteiger partial charge in [-0.2, -0.15) is 13.2 Å². The van der Waals surface area contributed by atoms with Crippen molar-refractivity contribution in [2.75, 3.05) is 11.9 Å². The molecule has 14 heteroatoms. The molecule has 3 heterocycles. The molecule has 9 nitrogen and oxygen atoms in total. The highest BCUT2D eigenvalue weighted by molar-refractivity contribution is 6.31. The number of H-pyrrole nitrogens is 1. The number of alkyl halides is 3. The van der Waals surface area contributed by atoms with E-state index in [0.29, 0.717) is 24.1 Å². The molecule has 0 saturated carbocycles. The van der Waals surface area contributed by atoms with Crippen molar-refractivity contribution in [3.63, 3.8) is 0 Å². The van der Waals surface area contributed by atoms with Crippen LogP contribution < -0.4 is 15.8 Å². The van der Waals surface area contributed by atoms with E-state index in [1.54, 1.807) is 24.3 Å². The number of halogens is 5. The summed E-state index contributed by atoms with van der Waals surface area (Å²) in [6.45, 7) is -1.64. The predicted molar refractivity (Wildman–Crippen MR) is 130 cm³/mol. The van der Waals surface area contributed by atoms with Crippen molar-refractivity contribution in [3.8, 4) is 17.1 Å². The van der Waals surface area contributed by atoms with E-state index in [1.165, 1.54) is 4.90 Å². The first-order valence-electron chi connectivity index (χ1n) is 11.7. The van der Waals surface area contributed by atoms with Crippen LogP contribution in [0.2, 0.25) is 5.02 Å². The molecular formula is C25H19ClF4N4O5. The molecule has 1 unspecified atom stereocenters. The number of amides is 2. The van der Waals surface area contributed by atoms with Gasteiger partial charge in [0.1, 0.15) is 11.8 Å². The standard InChI is InChI=1S/C25H19ClF4N4O5/c26-16-6-8-18(38-11-25(28,29)30)20(21(16)27)13-9-15-5-7-17(34(15)19(35)10-13)23(36)31-14-3-1-12(2-4-14)22-32-24(37)39-33-22/h1-4,6,8,10,15,17H,5,7,9,11H2,(H,31,36)(H,32,33,37)/t15?,17-/m0/s1. The van der Waals surface area contributed by atoms with Crippen molar-refractivity contribution in [2.45, 2.75) is 37.5 Å². The number of ether oxygens (including phenoxy) is 1. The SMILES string of the molecule is O=C(Nc1ccc(-c2noc(=O)[nH]2)cc1)[C@@H]1CCC2CC(c3c(OCC(F)(F)F)ccc(Cl)c3F)=CC(=O)N21. The molecule has 0 spiro atoms. The van der Waals surface area contributed by atoms with Gasteiger partial charge in [0.2, 0.25) is 11.8 Å². The molecule has 2 amide bonds. The Morgan fingerprint density at radius 3 is 2.59 bits per heavy atom. The lowest BCUT2D eigenvalue weighted by Gasteiger charge is -2.33. The van der Waals surface area contributed by atoms with E-state index in [-0.39, 0.29) is 34.2 Å². The number of aromatic amines is 1. The molecule has 204 valence electrons. The molecule has 2 aliphatic rings. The maximum atomic E-state index is 15.0. The Labute approximate surface area is 222 Å². The minimum absolute atomic E-state index is 0.0970. The summed E-state index contributed by atoms with van der Waals surface area (Å²) in [5, 5.41) is 6.01. The van der Waals surface area contributed by atoms with Gasteiger partial charge in [0.15, 0.2) is 18.2 Å². The summed E-state index contributed by atoms with van der Waals surface area (Å²) in [4.78, 5) is 41.1. The first-order chi connectivity index (χ1) is 18.5. The van der Waals surface area contributed by atoms with Crippen LogP contribution in [0.1, 0.15) is 24.8 Å². The van der Waals surface area contributed by atoms with Gasteiger partial charge in [-0.15, -0.1) is 0 Å². The number of rotatable bonds is 6. The highest BCUT2D eigenvalue weighted by Gasteiger charge is 2.43. The Kier molecular flexibility index (Phi) is 6.93. The average molecular weight is 567 g/mol. The number of carbonyl (C=O) groups excluding carboxylic acids is 2. The second kappa shape index (κ2) is 10.2. The molecule has 39 heavy (non-hydrogen) atoms. The minimum atomic E-state index is -4.65. The third-order valence-electron chi connectivity index (χ3n) is 6.45. The fourth-order valence-corrected chi connectivity index (χ4v) is 4.95. The second-order valence-electron chi connectivity index (χ2n) is 9.01. The molecule has 5 rings (SSSR count). The molecule has 0 aliphatic carbocycles. The summed E-state index contributed by atoms with van der Waals surface area (Å²) in [7, 11) is 0. The lowest BCUT2D eigenvalue weighted by molar-refractivity contribution is -0.153. The van der Waals surface area contributed by atoms with Crippen molar-refractivity contribution < 1.29 is 36.4 Å². The van der Waals surface area contributed by atoms with E-state index in [0.717, 1.165) is 18.2 Å². The average Bonchev–Trinajstić information content (AvgIpc) is 3.51. The fourth-order valence-electron chi connectivity index (χ4n) is 4.79. The molecule has 1 saturated heterocycles. The van der Waals surface area contributed by atoms with Gasteiger partial charge in [-0.3, -0.25) is 19.1 Å². The van der Waals surface area contributed by atoms with E-state index in [4.69, 9.17) is 16.3 Å². The van der Waals surface area contributed by atoms with Crippen LogP contribution in [0.25, 0.3) is 17.0 Å². The van der Waals surface area contributed by atoms with E-state index >= 15 is 0 Å². The molecule has 1 fully saturated rings. The topological polar surface area (TPSA) is 118 Å². The number of fused-ring (bicyclic) bond motifs is 1. The number of aromatic nitrogens is 2. The Bertz CT molecular complexity index is 1520. The van der Waals surface area contributed by atoms with Crippen molar-refractivity contribution in [2.24, 2.45) is 0 Å². The minimum Gasteiger partial charge on any atom is -0.483 e. The first kappa shape index (κ1) is 26.5. The van der Waals surface area contributed by atoms with Gasteiger partial charge in [0.05, 0.1) is 10.6 Å². The molecule has 0 radical (unpaired) electrons. The summed E-state index contributed by atoms with van der Waals surface area (Å²) in [6, 6.07) is 7.32. The molecule has 2 aromatic carbocycles.